The molecule has 0 bridgehead atoms. The Kier molecular flexibility index (Phi) is 4.63. The molecule has 7 heteroatoms. The predicted octanol–water partition coefficient (Wildman–Crippen LogP) is 1.37. The van der Waals surface area contributed by atoms with Crippen molar-refractivity contribution in [2.24, 2.45) is 23.2 Å². The normalized spacial score (nSPS) is 44.6. The van der Waals surface area contributed by atoms with Gasteiger partial charge in [-0.2, -0.15) is 0 Å². The van der Waals surface area contributed by atoms with E-state index in [0.717, 1.165) is 0 Å². The van der Waals surface area contributed by atoms with E-state index in [-0.39, 0.29) is 23.8 Å². The number of hydrogen-bond donors (Lipinski definition) is 1. The smallest absolute Gasteiger partial charge is 0.334 e. The Morgan fingerprint density at radius 2 is 1.85 bits per heavy atom. The number of hydrogen-bond acceptors (Lipinski definition) is 7. The number of carbonyl (C=O) groups is 3. The van der Waals surface area contributed by atoms with Gasteiger partial charge in [-0.1, -0.05) is 20.4 Å². The Morgan fingerprint density at radius 1 is 1.23 bits per heavy atom. The van der Waals surface area contributed by atoms with Crippen molar-refractivity contribution >= 4 is 17.9 Å². The molecule has 1 aliphatic heterocycles. The molecule has 7 nitrogen and oxygen atoms in total. The summed E-state index contributed by atoms with van der Waals surface area (Å²) < 4.78 is 16.6. The van der Waals surface area contributed by atoms with E-state index in [1.165, 1.54) is 13.8 Å². The Labute approximate surface area is 152 Å². The predicted molar refractivity (Wildman–Crippen MR) is 89.6 cm³/mol. The van der Waals surface area contributed by atoms with Crippen LogP contribution in [-0.2, 0) is 28.6 Å². The highest BCUT2D eigenvalue weighted by atomic mass is 16.6. The first-order chi connectivity index (χ1) is 12.1. The molecule has 0 spiro atoms. The van der Waals surface area contributed by atoms with E-state index in [1.807, 2.05) is 13.8 Å². The molecular weight excluding hydrogens is 340 g/mol. The van der Waals surface area contributed by atoms with Crippen LogP contribution in [0.1, 0.15) is 40.5 Å². The SMILES string of the molecule is C=C1C(=O)O[C@H]2C[C@@H](C)[C@@H]3[C@@H](OC(C)=O)C[C@H](O)[C@@]3(C)[C@@H](OC(C)=O)[C@H]12. The van der Waals surface area contributed by atoms with Gasteiger partial charge in [-0.25, -0.2) is 4.79 Å². The first kappa shape index (κ1) is 18.9. The van der Waals surface area contributed by atoms with Gasteiger partial charge in [0, 0.05) is 37.2 Å². The number of aliphatic hydroxyl groups is 1. The van der Waals surface area contributed by atoms with E-state index in [9.17, 15) is 19.5 Å². The van der Waals surface area contributed by atoms with E-state index in [2.05, 4.69) is 6.58 Å². The summed E-state index contributed by atoms with van der Waals surface area (Å²) >= 11 is 0. The van der Waals surface area contributed by atoms with Crippen LogP contribution in [0.3, 0.4) is 0 Å². The standard InChI is InChI=1S/C19H26O7/c1-8-6-12-15(9(2)18(23)26-12)17(25-11(4)21)19(5)14(22)7-13(16(8)19)24-10(3)20/h8,12-17,22H,2,6-7H2,1,3-5H3/t8-,12+,13+,14+,15-,16-,17+,19-/m1/s1. The summed E-state index contributed by atoms with van der Waals surface area (Å²) in [4.78, 5) is 35.5. The van der Waals surface area contributed by atoms with Gasteiger partial charge in [0.2, 0.25) is 0 Å². The number of rotatable bonds is 2. The summed E-state index contributed by atoms with van der Waals surface area (Å²) in [5, 5.41) is 10.9. The number of carbonyl (C=O) groups excluding carboxylic acids is 3. The van der Waals surface area contributed by atoms with Crippen LogP contribution in [-0.4, -0.2) is 47.4 Å². The van der Waals surface area contributed by atoms with Crippen molar-refractivity contribution in [2.75, 3.05) is 0 Å². The molecule has 0 amide bonds. The molecule has 0 radical (unpaired) electrons. The quantitative estimate of drug-likeness (QED) is 0.448. The molecular formula is C19H26O7. The molecule has 8 atom stereocenters. The average Bonchev–Trinajstić information content (AvgIpc) is 2.88. The maximum atomic E-state index is 12.1. The van der Waals surface area contributed by atoms with Crippen molar-refractivity contribution in [1.29, 1.82) is 0 Å². The molecule has 3 fully saturated rings. The zero-order chi connectivity index (χ0) is 19.4. The van der Waals surface area contributed by atoms with Gasteiger partial charge in [-0.05, 0) is 12.3 Å². The van der Waals surface area contributed by atoms with Gasteiger partial charge in [0.15, 0.2) is 0 Å². The van der Waals surface area contributed by atoms with Crippen molar-refractivity contribution in [3.63, 3.8) is 0 Å². The zero-order valence-corrected chi connectivity index (χ0v) is 15.6. The van der Waals surface area contributed by atoms with Crippen molar-refractivity contribution in [2.45, 2.75) is 65.0 Å². The summed E-state index contributed by atoms with van der Waals surface area (Å²) in [6.07, 6.45) is -1.80. The molecule has 0 unspecified atom stereocenters. The second-order valence-electron chi connectivity index (χ2n) is 8.03. The molecule has 0 aromatic carbocycles. The molecule has 3 rings (SSSR count). The van der Waals surface area contributed by atoms with E-state index >= 15 is 0 Å². The maximum absolute atomic E-state index is 12.1. The van der Waals surface area contributed by atoms with Crippen LogP contribution in [0.4, 0.5) is 0 Å². The average molecular weight is 366 g/mol. The molecule has 1 N–H and O–H groups in total. The minimum Gasteiger partial charge on any atom is -0.462 e. The van der Waals surface area contributed by atoms with E-state index < -0.39 is 53.7 Å². The van der Waals surface area contributed by atoms with E-state index in [1.54, 1.807) is 0 Å². The van der Waals surface area contributed by atoms with Crippen LogP contribution < -0.4 is 0 Å². The Balaban J connectivity index is 2.10. The molecule has 1 saturated heterocycles. The zero-order valence-electron chi connectivity index (χ0n) is 15.6. The largest absolute Gasteiger partial charge is 0.462 e. The summed E-state index contributed by atoms with van der Waals surface area (Å²) in [6, 6.07) is 0. The van der Waals surface area contributed by atoms with Crippen LogP contribution in [0, 0.1) is 23.2 Å². The minimum absolute atomic E-state index is 0.0201. The lowest BCUT2D eigenvalue weighted by molar-refractivity contribution is -0.170. The third-order valence-electron chi connectivity index (χ3n) is 6.38. The molecule has 2 aliphatic carbocycles. The van der Waals surface area contributed by atoms with Crippen LogP contribution in [0.2, 0.25) is 0 Å². The van der Waals surface area contributed by atoms with E-state index in [4.69, 9.17) is 14.2 Å². The summed E-state index contributed by atoms with van der Waals surface area (Å²) in [7, 11) is 0. The molecule has 26 heavy (non-hydrogen) atoms. The van der Waals surface area contributed by atoms with Gasteiger partial charge < -0.3 is 19.3 Å². The highest BCUT2D eigenvalue weighted by Gasteiger charge is 2.66. The van der Waals surface area contributed by atoms with Crippen LogP contribution in [0.5, 0.6) is 0 Å². The summed E-state index contributed by atoms with van der Waals surface area (Å²) in [6.45, 7) is 10.3. The highest BCUT2D eigenvalue weighted by Crippen LogP contribution is 2.58. The molecule has 0 aromatic rings. The van der Waals surface area contributed by atoms with Gasteiger partial charge in [0.05, 0.1) is 12.0 Å². The molecule has 144 valence electrons. The van der Waals surface area contributed by atoms with Gasteiger partial charge in [-0.3, -0.25) is 9.59 Å². The first-order valence-corrected chi connectivity index (χ1v) is 8.99. The second-order valence-corrected chi connectivity index (χ2v) is 8.03. The van der Waals surface area contributed by atoms with Crippen molar-refractivity contribution in [1.82, 2.24) is 0 Å². The van der Waals surface area contributed by atoms with Gasteiger partial charge in [-0.15, -0.1) is 0 Å². The van der Waals surface area contributed by atoms with Gasteiger partial charge >= 0.3 is 17.9 Å². The first-order valence-electron chi connectivity index (χ1n) is 8.99. The summed E-state index contributed by atoms with van der Waals surface area (Å²) in [5.41, 5.74) is -0.625. The number of ether oxygens (including phenoxy) is 3. The molecule has 3 aliphatic rings. The topological polar surface area (TPSA) is 99.1 Å². The lowest BCUT2D eigenvalue weighted by Gasteiger charge is -2.43. The summed E-state index contributed by atoms with van der Waals surface area (Å²) in [5.74, 6) is -2.18. The maximum Gasteiger partial charge on any atom is 0.334 e. The van der Waals surface area contributed by atoms with E-state index in [0.29, 0.717) is 6.42 Å². The second kappa shape index (κ2) is 6.37. The lowest BCUT2D eigenvalue weighted by Crippen LogP contribution is -2.51. The molecule has 1 heterocycles. The van der Waals surface area contributed by atoms with Crippen molar-refractivity contribution in [3.05, 3.63) is 12.2 Å². The fourth-order valence-electron chi connectivity index (χ4n) is 5.44. The third kappa shape index (κ3) is 2.73. The van der Waals surface area contributed by atoms with Crippen LogP contribution >= 0.6 is 0 Å². The molecule has 2 saturated carbocycles. The molecule has 0 aromatic heterocycles. The van der Waals surface area contributed by atoms with Gasteiger partial charge in [0.25, 0.3) is 0 Å². The van der Waals surface area contributed by atoms with Crippen molar-refractivity contribution in [3.8, 4) is 0 Å². The van der Waals surface area contributed by atoms with Crippen LogP contribution in [0.25, 0.3) is 0 Å². The Hall–Kier alpha value is -1.89. The highest BCUT2D eigenvalue weighted by molar-refractivity contribution is 5.91. The monoisotopic (exact) mass is 366 g/mol. The fourth-order valence-corrected chi connectivity index (χ4v) is 5.44. The fraction of sp³-hybridized carbons (Fsp3) is 0.737. The Morgan fingerprint density at radius 3 is 2.42 bits per heavy atom. The minimum atomic E-state index is -0.887. The number of aliphatic hydroxyl groups excluding tert-OH is 1. The van der Waals surface area contributed by atoms with Crippen LogP contribution in [0.15, 0.2) is 12.2 Å². The lowest BCUT2D eigenvalue weighted by atomic mass is 9.66. The number of esters is 3. The number of fused-ring (bicyclic) bond motifs is 2. The van der Waals surface area contributed by atoms with Gasteiger partial charge in [0.1, 0.15) is 18.3 Å². The third-order valence-corrected chi connectivity index (χ3v) is 6.38. The van der Waals surface area contributed by atoms with Crippen molar-refractivity contribution < 1.29 is 33.7 Å². The Bertz CT molecular complexity index is 656.